The molecule has 0 radical (unpaired) electrons. The van der Waals surface area contributed by atoms with Gasteiger partial charge in [-0.05, 0) is 77.9 Å². The molecule has 2 atom stereocenters. The van der Waals surface area contributed by atoms with Crippen molar-refractivity contribution in [3.05, 3.63) is 83.4 Å². The molecule has 3 aromatic rings. The van der Waals surface area contributed by atoms with Crippen molar-refractivity contribution in [2.45, 2.75) is 38.4 Å². The van der Waals surface area contributed by atoms with Gasteiger partial charge in [0.2, 0.25) is 0 Å². The predicted molar refractivity (Wildman–Crippen MR) is 132 cm³/mol. The minimum atomic E-state index is -0.924. The number of hydrogen-bond donors (Lipinski definition) is 3. The molecule has 2 unspecified atom stereocenters. The number of aromatic carboxylic acids is 1. The molecule has 4 rings (SSSR count). The molecule has 3 aromatic carbocycles. The van der Waals surface area contributed by atoms with Crippen LogP contribution in [0.15, 0.2) is 66.7 Å². The van der Waals surface area contributed by atoms with Gasteiger partial charge in [-0.3, -0.25) is 0 Å². The van der Waals surface area contributed by atoms with Crippen LogP contribution in [0.2, 0.25) is 0 Å². The summed E-state index contributed by atoms with van der Waals surface area (Å²) >= 11 is 0. The van der Waals surface area contributed by atoms with E-state index >= 15 is 0 Å². The Labute approximate surface area is 200 Å². The van der Waals surface area contributed by atoms with Crippen molar-refractivity contribution >= 4 is 5.97 Å². The van der Waals surface area contributed by atoms with E-state index in [4.69, 9.17) is 14.6 Å². The largest absolute Gasteiger partial charge is 0.491 e. The molecule has 0 aromatic heterocycles. The summed E-state index contributed by atoms with van der Waals surface area (Å²) in [5.41, 5.74) is 4.72. The van der Waals surface area contributed by atoms with Crippen LogP contribution in [0.1, 0.15) is 34.8 Å². The first-order valence-corrected chi connectivity index (χ1v) is 11.8. The van der Waals surface area contributed by atoms with Crippen LogP contribution in [-0.2, 0) is 12.8 Å². The maximum Gasteiger partial charge on any atom is 0.335 e. The first-order chi connectivity index (χ1) is 16.5. The van der Waals surface area contributed by atoms with E-state index in [0.29, 0.717) is 13.1 Å². The molecular weight excluding hydrogens is 430 g/mol. The van der Waals surface area contributed by atoms with Crippen LogP contribution in [0.4, 0.5) is 0 Å². The van der Waals surface area contributed by atoms with Crippen LogP contribution in [0.3, 0.4) is 0 Å². The monoisotopic (exact) mass is 461 g/mol. The summed E-state index contributed by atoms with van der Waals surface area (Å²) in [6.45, 7) is 3.44. The van der Waals surface area contributed by atoms with Gasteiger partial charge in [0.15, 0.2) is 0 Å². The summed E-state index contributed by atoms with van der Waals surface area (Å²) in [5.74, 6) is 0.718. The van der Waals surface area contributed by atoms with Gasteiger partial charge in [-0.1, -0.05) is 37.3 Å². The van der Waals surface area contributed by atoms with Gasteiger partial charge < -0.3 is 25.0 Å². The Morgan fingerprint density at radius 3 is 2.53 bits per heavy atom. The number of carbonyl (C=O) groups is 1. The number of nitrogens with one attached hydrogen (secondary N) is 1. The van der Waals surface area contributed by atoms with E-state index in [1.54, 1.807) is 12.1 Å². The van der Waals surface area contributed by atoms with Crippen molar-refractivity contribution < 1.29 is 24.5 Å². The molecule has 178 valence electrons. The zero-order valence-corrected chi connectivity index (χ0v) is 19.4. The molecule has 1 aliphatic rings. The number of carboxylic acid groups (broad SMARTS) is 1. The number of aliphatic hydroxyl groups excluding tert-OH is 1. The summed E-state index contributed by atoms with van der Waals surface area (Å²) in [7, 11) is 0. The van der Waals surface area contributed by atoms with Gasteiger partial charge in [-0.25, -0.2) is 4.79 Å². The number of aryl methyl sites for hydroxylation is 2. The number of fused-ring (bicyclic) bond motifs is 1. The molecule has 0 aliphatic carbocycles. The summed E-state index contributed by atoms with van der Waals surface area (Å²) < 4.78 is 11.8. The molecule has 0 bridgehead atoms. The van der Waals surface area contributed by atoms with Crippen LogP contribution in [-0.4, -0.2) is 48.1 Å². The van der Waals surface area contributed by atoms with Crippen molar-refractivity contribution in [2.24, 2.45) is 0 Å². The van der Waals surface area contributed by atoms with Gasteiger partial charge in [0.1, 0.15) is 30.3 Å². The quantitative estimate of drug-likeness (QED) is 0.416. The highest BCUT2D eigenvalue weighted by atomic mass is 16.5. The van der Waals surface area contributed by atoms with Crippen molar-refractivity contribution in [1.82, 2.24) is 5.32 Å². The zero-order valence-electron chi connectivity index (χ0n) is 19.4. The maximum absolute atomic E-state index is 11.1. The number of benzene rings is 3. The molecule has 6 nitrogen and oxygen atoms in total. The van der Waals surface area contributed by atoms with Crippen LogP contribution in [0.25, 0.3) is 11.1 Å². The second-order valence-electron chi connectivity index (χ2n) is 8.60. The fraction of sp³-hybridized carbons (Fsp3) is 0.321. The van der Waals surface area contributed by atoms with E-state index in [9.17, 15) is 9.90 Å². The Morgan fingerprint density at radius 1 is 1.09 bits per heavy atom. The molecule has 1 aliphatic heterocycles. The number of ether oxygens (including phenoxy) is 2. The SMILES string of the molecule is CCc1ccc(OCC(O)CNCC2CCc3cc(-c4ccc(C(=O)O)cc4)ccc3O2)cc1. The second kappa shape index (κ2) is 11.2. The molecule has 1 heterocycles. The van der Waals surface area contributed by atoms with E-state index in [-0.39, 0.29) is 18.3 Å². The van der Waals surface area contributed by atoms with Crippen molar-refractivity contribution in [1.29, 1.82) is 0 Å². The molecular formula is C28H31NO5. The fourth-order valence-electron chi connectivity index (χ4n) is 4.06. The standard InChI is InChI=1S/C28H31NO5/c1-2-19-3-11-25(12-4-19)33-18-24(30)16-29-17-26-13-9-23-15-22(10-14-27(23)34-26)20-5-7-21(8-6-20)28(31)32/h3-8,10-12,14-15,24,26,29-30H,2,9,13,16-18H2,1H3,(H,31,32). The fourth-order valence-corrected chi connectivity index (χ4v) is 4.06. The third kappa shape index (κ3) is 6.16. The van der Waals surface area contributed by atoms with E-state index in [1.807, 2.05) is 48.5 Å². The Kier molecular flexibility index (Phi) is 7.83. The zero-order chi connectivity index (χ0) is 23.9. The summed E-state index contributed by atoms with van der Waals surface area (Å²) in [4.78, 5) is 11.1. The molecule has 0 saturated carbocycles. The van der Waals surface area contributed by atoms with Gasteiger partial charge in [-0.15, -0.1) is 0 Å². The summed E-state index contributed by atoms with van der Waals surface area (Å²) in [6, 6.07) is 20.9. The van der Waals surface area contributed by atoms with Gasteiger partial charge in [0.05, 0.1) is 5.56 Å². The van der Waals surface area contributed by atoms with Crippen molar-refractivity contribution in [3.63, 3.8) is 0 Å². The average Bonchev–Trinajstić information content (AvgIpc) is 2.87. The molecule has 0 spiro atoms. The molecule has 0 saturated heterocycles. The van der Waals surface area contributed by atoms with Crippen LogP contribution >= 0.6 is 0 Å². The summed E-state index contributed by atoms with van der Waals surface area (Å²) in [6.07, 6.45) is 2.23. The minimum Gasteiger partial charge on any atom is -0.491 e. The normalized spacial score (nSPS) is 15.8. The first kappa shape index (κ1) is 23.8. The molecule has 34 heavy (non-hydrogen) atoms. The molecule has 0 amide bonds. The number of hydrogen-bond acceptors (Lipinski definition) is 5. The van der Waals surface area contributed by atoms with Crippen LogP contribution in [0.5, 0.6) is 11.5 Å². The van der Waals surface area contributed by atoms with Crippen molar-refractivity contribution in [2.75, 3.05) is 19.7 Å². The third-order valence-electron chi connectivity index (χ3n) is 6.08. The van der Waals surface area contributed by atoms with Crippen molar-refractivity contribution in [3.8, 4) is 22.6 Å². The Morgan fingerprint density at radius 2 is 1.82 bits per heavy atom. The van der Waals surface area contributed by atoms with Crippen LogP contribution in [0, 0.1) is 0 Å². The topological polar surface area (TPSA) is 88.0 Å². The first-order valence-electron chi connectivity index (χ1n) is 11.8. The van der Waals surface area contributed by atoms with E-state index in [0.717, 1.165) is 47.5 Å². The predicted octanol–water partition coefficient (Wildman–Crippen LogP) is 4.34. The average molecular weight is 462 g/mol. The van der Waals surface area contributed by atoms with E-state index in [2.05, 4.69) is 18.3 Å². The highest BCUT2D eigenvalue weighted by Gasteiger charge is 2.20. The van der Waals surface area contributed by atoms with Gasteiger partial charge in [-0.2, -0.15) is 0 Å². The smallest absolute Gasteiger partial charge is 0.335 e. The number of carboxylic acids is 1. The lowest BCUT2D eigenvalue weighted by Gasteiger charge is -2.27. The Balaban J connectivity index is 1.23. The lowest BCUT2D eigenvalue weighted by Crippen LogP contribution is -2.39. The van der Waals surface area contributed by atoms with Crippen LogP contribution < -0.4 is 14.8 Å². The Hall–Kier alpha value is -3.35. The highest BCUT2D eigenvalue weighted by molar-refractivity contribution is 5.88. The highest BCUT2D eigenvalue weighted by Crippen LogP contribution is 2.32. The molecule has 6 heteroatoms. The molecule has 3 N–H and O–H groups in total. The minimum absolute atomic E-state index is 0.0444. The third-order valence-corrected chi connectivity index (χ3v) is 6.08. The Bertz CT molecular complexity index is 1090. The van der Waals surface area contributed by atoms with Gasteiger partial charge in [0, 0.05) is 13.1 Å². The van der Waals surface area contributed by atoms with E-state index in [1.165, 1.54) is 5.56 Å². The van der Waals surface area contributed by atoms with Gasteiger partial charge in [0.25, 0.3) is 0 Å². The second-order valence-corrected chi connectivity index (χ2v) is 8.60. The van der Waals surface area contributed by atoms with E-state index < -0.39 is 12.1 Å². The number of rotatable bonds is 10. The summed E-state index contributed by atoms with van der Waals surface area (Å²) in [5, 5.41) is 22.6. The van der Waals surface area contributed by atoms with Gasteiger partial charge >= 0.3 is 5.97 Å². The lowest BCUT2D eigenvalue weighted by atomic mass is 9.96. The maximum atomic E-state index is 11.1. The number of aliphatic hydroxyl groups is 1. The molecule has 0 fully saturated rings. The lowest BCUT2D eigenvalue weighted by molar-refractivity contribution is 0.0697.